The molecule has 0 fully saturated rings. The van der Waals surface area contributed by atoms with Crippen molar-refractivity contribution in [2.75, 3.05) is 0 Å². The number of aliphatic hydroxyl groups is 2. The van der Waals surface area contributed by atoms with E-state index in [1.54, 1.807) is 0 Å². The fourth-order valence-electron chi connectivity index (χ4n) is 2.54. The summed E-state index contributed by atoms with van der Waals surface area (Å²) < 4.78 is 0. The zero-order chi connectivity index (χ0) is 16.9. The van der Waals surface area contributed by atoms with Crippen molar-refractivity contribution in [1.29, 1.82) is 0 Å². The van der Waals surface area contributed by atoms with Crippen LogP contribution >= 0.6 is 0 Å². The van der Waals surface area contributed by atoms with Crippen molar-refractivity contribution < 1.29 is 30.0 Å². The minimum Gasteiger partial charge on any atom is -0.478 e. The molecule has 2 atom stereocenters. The smallest absolute Gasteiger partial charge is 0.336 e. The van der Waals surface area contributed by atoms with Crippen LogP contribution in [-0.4, -0.2) is 32.4 Å². The molecular weight excluding hydrogens is 288 g/mol. The molecule has 0 aliphatic rings. The van der Waals surface area contributed by atoms with Gasteiger partial charge in [-0.25, -0.2) is 9.59 Å². The number of carboxylic acid groups (broad SMARTS) is 2. The molecule has 0 saturated heterocycles. The van der Waals surface area contributed by atoms with Crippen molar-refractivity contribution >= 4 is 11.9 Å². The molecule has 2 unspecified atom stereocenters. The van der Waals surface area contributed by atoms with Crippen LogP contribution in [0.3, 0.4) is 0 Å². The summed E-state index contributed by atoms with van der Waals surface area (Å²) in [5.41, 5.74) is -0.536. The third-order valence-electron chi connectivity index (χ3n) is 3.54. The molecule has 0 spiro atoms. The standard InChI is InChI=1S/C16H22O6/c1-3-5-11(17)9-7-8-10(15(19)20)14(16(21)22)13(9)12(18)6-4-2/h7-8,11-12,17-18H,3-6H2,1-2H3,(H,19,20)(H,21,22). The van der Waals surface area contributed by atoms with Gasteiger partial charge in [0.2, 0.25) is 0 Å². The first kappa shape index (κ1) is 18.1. The highest BCUT2D eigenvalue weighted by Gasteiger charge is 2.28. The summed E-state index contributed by atoms with van der Waals surface area (Å²) in [6.07, 6.45) is -0.106. The van der Waals surface area contributed by atoms with Gasteiger partial charge in [-0.05, 0) is 24.5 Å². The molecule has 0 aromatic heterocycles. The summed E-state index contributed by atoms with van der Waals surface area (Å²) in [6.45, 7) is 3.70. The number of carbonyl (C=O) groups is 2. The molecule has 0 bridgehead atoms. The third-order valence-corrected chi connectivity index (χ3v) is 3.54. The maximum absolute atomic E-state index is 11.5. The molecule has 4 N–H and O–H groups in total. The van der Waals surface area contributed by atoms with Crippen molar-refractivity contribution in [3.63, 3.8) is 0 Å². The summed E-state index contributed by atoms with van der Waals surface area (Å²) >= 11 is 0. The monoisotopic (exact) mass is 310 g/mol. The van der Waals surface area contributed by atoms with Gasteiger partial charge in [-0.15, -0.1) is 0 Å². The fourth-order valence-corrected chi connectivity index (χ4v) is 2.54. The van der Waals surface area contributed by atoms with E-state index in [2.05, 4.69) is 0 Å². The minimum atomic E-state index is -1.42. The molecule has 1 aromatic carbocycles. The Bertz CT molecular complexity index is 552. The van der Waals surface area contributed by atoms with E-state index in [1.165, 1.54) is 12.1 Å². The molecule has 0 aliphatic heterocycles. The van der Waals surface area contributed by atoms with E-state index in [1.807, 2.05) is 13.8 Å². The Morgan fingerprint density at radius 1 is 0.955 bits per heavy atom. The summed E-state index contributed by atoms with van der Waals surface area (Å²) in [4.78, 5) is 22.8. The maximum Gasteiger partial charge on any atom is 0.336 e. The topological polar surface area (TPSA) is 115 Å². The van der Waals surface area contributed by atoms with Crippen molar-refractivity contribution in [2.45, 2.75) is 51.7 Å². The van der Waals surface area contributed by atoms with Gasteiger partial charge < -0.3 is 20.4 Å². The highest BCUT2D eigenvalue weighted by Crippen LogP contribution is 2.34. The van der Waals surface area contributed by atoms with Crippen LogP contribution in [0.4, 0.5) is 0 Å². The average Bonchev–Trinajstić information content (AvgIpc) is 2.45. The van der Waals surface area contributed by atoms with Gasteiger partial charge in [0.1, 0.15) is 0 Å². The van der Waals surface area contributed by atoms with Crippen LogP contribution < -0.4 is 0 Å². The molecular formula is C16H22O6. The molecule has 0 aliphatic carbocycles. The quantitative estimate of drug-likeness (QED) is 0.587. The van der Waals surface area contributed by atoms with Crippen molar-refractivity contribution in [3.05, 3.63) is 34.4 Å². The Hall–Kier alpha value is -1.92. The molecule has 1 rings (SSSR count). The second kappa shape index (κ2) is 7.91. The minimum absolute atomic E-state index is 0.00944. The summed E-state index contributed by atoms with van der Waals surface area (Å²) in [7, 11) is 0. The number of benzene rings is 1. The van der Waals surface area contributed by atoms with Gasteiger partial charge in [0, 0.05) is 5.56 Å². The van der Waals surface area contributed by atoms with Crippen LogP contribution in [-0.2, 0) is 0 Å². The van der Waals surface area contributed by atoms with Gasteiger partial charge in [0.25, 0.3) is 0 Å². The van der Waals surface area contributed by atoms with Crippen molar-refractivity contribution in [1.82, 2.24) is 0 Å². The number of carboxylic acids is 2. The van der Waals surface area contributed by atoms with E-state index in [-0.39, 0.29) is 23.1 Å². The normalized spacial score (nSPS) is 13.6. The van der Waals surface area contributed by atoms with Gasteiger partial charge in [-0.1, -0.05) is 32.8 Å². The first-order chi connectivity index (χ1) is 10.3. The van der Waals surface area contributed by atoms with Crippen LogP contribution in [0, 0.1) is 0 Å². The second-order valence-corrected chi connectivity index (χ2v) is 5.21. The average molecular weight is 310 g/mol. The summed E-state index contributed by atoms with van der Waals surface area (Å²) in [6, 6.07) is 2.56. The van der Waals surface area contributed by atoms with Gasteiger partial charge in [0.05, 0.1) is 23.3 Å². The first-order valence-corrected chi connectivity index (χ1v) is 7.34. The van der Waals surface area contributed by atoms with Crippen LogP contribution in [0.5, 0.6) is 0 Å². The van der Waals surface area contributed by atoms with Gasteiger partial charge in [-0.2, -0.15) is 0 Å². The molecule has 0 amide bonds. The lowest BCUT2D eigenvalue weighted by Gasteiger charge is -2.22. The molecule has 1 aromatic rings. The predicted molar refractivity (Wildman–Crippen MR) is 80.1 cm³/mol. The highest BCUT2D eigenvalue weighted by atomic mass is 16.4. The van der Waals surface area contributed by atoms with Crippen LogP contribution in [0.1, 0.15) is 83.6 Å². The molecule has 0 heterocycles. The number of hydrogen-bond acceptors (Lipinski definition) is 4. The number of aliphatic hydroxyl groups excluding tert-OH is 2. The molecule has 6 heteroatoms. The van der Waals surface area contributed by atoms with E-state index in [9.17, 15) is 30.0 Å². The lowest BCUT2D eigenvalue weighted by molar-refractivity contribution is 0.0643. The van der Waals surface area contributed by atoms with E-state index in [4.69, 9.17) is 0 Å². The number of aromatic carboxylic acids is 2. The Morgan fingerprint density at radius 3 is 1.95 bits per heavy atom. The maximum atomic E-state index is 11.5. The van der Waals surface area contributed by atoms with Crippen LogP contribution in [0.15, 0.2) is 12.1 Å². The van der Waals surface area contributed by atoms with Crippen LogP contribution in [0.2, 0.25) is 0 Å². The van der Waals surface area contributed by atoms with E-state index >= 15 is 0 Å². The Labute approximate surface area is 129 Å². The third kappa shape index (κ3) is 3.84. The summed E-state index contributed by atoms with van der Waals surface area (Å²) in [5.74, 6) is -2.80. The second-order valence-electron chi connectivity index (χ2n) is 5.21. The van der Waals surface area contributed by atoms with E-state index < -0.39 is 29.7 Å². The van der Waals surface area contributed by atoms with Crippen LogP contribution in [0.25, 0.3) is 0 Å². The summed E-state index contributed by atoms with van der Waals surface area (Å²) in [5, 5.41) is 39.1. The Balaban J connectivity index is 3.61. The Morgan fingerprint density at radius 2 is 1.50 bits per heavy atom. The van der Waals surface area contributed by atoms with Crippen molar-refractivity contribution in [3.8, 4) is 0 Å². The fraction of sp³-hybridized carbons (Fsp3) is 0.500. The van der Waals surface area contributed by atoms with Gasteiger partial charge in [0.15, 0.2) is 0 Å². The van der Waals surface area contributed by atoms with E-state index in [0.29, 0.717) is 19.3 Å². The molecule has 22 heavy (non-hydrogen) atoms. The van der Waals surface area contributed by atoms with Crippen molar-refractivity contribution in [2.24, 2.45) is 0 Å². The molecule has 122 valence electrons. The molecule has 0 radical (unpaired) electrons. The Kier molecular flexibility index (Phi) is 6.52. The molecule has 6 nitrogen and oxygen atoms in total. The van der Waals surface area contributed by atoms with E-state index in [0.717, 1.165) is 0 Å². The highest BCUT2D eigenvalue weighted by molar-refractivity contribution is 6.03. The van der Waals surface area contributed by atoms with Gasteiger partial charge in [-0.3, -0.25) is 0 Å². The SMILES string of the molecule is CCCC(O)c1ccc(C(=O)O)c(C(=O)O)c1C(O)CCC. The van der Waals surface area contributed by atoms with Gasteiger partial charge >= 0.3 is 11.9 Å². The zero-order valence-electron chi connectivity index (χ0n) is 12.7. The predicted octanol–water partition coefficient (Wildman–Crippen LogP) is 2.75. The number of rotatable bonds is 8. The first-order valence-electron chi connectivity index (χ1n) is 7.34. The lowest BCUT2D eigenvalue weighted by atomic mass is 9.87. The molecule has 0 saturated carbocycles. The lowest BCUT2D eigenvalue weighted by Crippen LogP contribution is -2.18. The zero-order valence-corrected chi connectivity index (χ0v) is 12.7. The number of hydrogen-bond donors (Lipinski definition) is 4. The largest absolute Gasteiger partial charge is 0.478 e.